The summed E-state index contributed by atoms with van der Waals surface area (Å²) in [7, 11) is 0.620. The lowest BCUT2D eigenvalue weighted by Gasteiger charge is -2.36. The van der Waals surface area contributed by atoms with E-state index in [1.165, 1.54) is 7.11 Å². The lowest BCUT2D eigenvalue weighted by Crippen LogP contribution is -2.48. The Morgan fingerprint density at radius 3 is 2.29 bits per heavy atom. The van der Waals surface area contributed by atoms with Gasteiger partial charge in [-0.2, -0.15) is 0 Å². The van der Waals surface area contributed by atoms with Crippen molar-refractivity contribution in [1.29, 1.82) is 0 Å². The quantitative estimate of drug-likeness (QED) is 0.672. The van der Waals surface area contributed by atoms with E-state index < -0.39 is 9.84 Å². The minimum absolute atomic E-state index is 0.126. The fourth-order valence-electron chi connectivity index (χ4n) is 3.19. The smallest absolute Gasteiger partial charge is 0.310 e. The van der Waals surface area contributed by atoms with Crippen LogP contribution in [0.3, 0.4) is 0 Å². The molecule has 0 aliphatic carbocycles. The molecule has 21 heavy (non-hydrogen) atoms. The van der Waals surface area contributed by atoms with Crippen LogP contribution in [-0.2, 0) is 19.4 Å². The molecule has 2 aliphatic heterocycles. The first-order chi connectivity index (χ1) is 9.91. The third kappa shape index (κ3) is 4.66. The second-order valence-electron chi connectivity index (χ2n) is 6.22. The number of nitrogens with zero attached hydrogens (tertiary/aromatic N) is 2. The third-order valence-corrected chi connectivity index (χ3v) is 6.44. The van der Waals surface area contributed by atoms with E-state index in [9.17, 15) is 13.2 Å². The van der Waals surface area contributed by atoms with Gasteiger partial charge in [0.15, 0.2) is 0 Å². The number of carbonyl (C=O) groups is 1. The van der Waals surface area contributed by atoms with Crippen LogP contribution in [0.1, 0.15) is 12.8 Å². The van der Waals surface area contributed by atoms with E-state index in [-0.39, 0.29) is 29.3 Å². The lowest BCUT2D eigenvalue weighted by molar-refractivity contribution is -0.148. The summed E-state index contributed by atoms with van der Waals surface area (Å²) in [6.07, 6.45) is 1.16. The third-order valence-electron chi connectivity index (χ3n) is 4.72. The van der Waals surface area contributed by atoms with Crippen LogP contribution in [0.2, 0.25) is 0 Å². The predicted molar refractivity (Wildman–Crippen MR) is 80.8 cm³/mol. The maximum atomic E-state index is 12.1. The van der Waals surface area contributed by atoms with E-state index in [0.717, 1.165) is 26.2 Å². The van der Waals surface area contributed by atoms with Crippen LogP contribution in [0.15, 0.2) is 0 Å². The maximum absolute atomic E-state index is 12.1. The number of esters is 1. The minimum Gasteiger partial charge on any atom is -0.469 e. The zero-order chi connectivity index (χ0) is 15.5. The summed E-state index contributed by atoms with van der Waals surface area (Å²) in [5, 5.41) is 0. The first-order valence-corrected chi connectivity index (χ1v) is 9.42. The summed E-state index contributed by atoms with van der Waals surface area (Å²) >= 11 is 0. The van der Waals surface area contributed by atoms with E-state index in [2.05, 4.69) is 16.8 Å². The van der Waals surface area contributed by atoms with Crippen molar-refractivity contribution in [3.8, 4) is 0 Å². The van der Waals surface area contributed by atoms with Gasteiger partial charge < -0.3 is 9.64 Å². The zero-order valence-corrected chi connectivity index (χ0v) is 13.8. The van der Waals surface area contributed by atoms with Gasteiger partial charge in [0.05, 0.1) is 24.5 Å². The Morgan fingerprint density at radius 1 is 1.19 bits per heavy atom. The predicted octanol–water partition coefficient (Wildman–Crippen LogP) is -0.152. The van der Waals surface area contributed by atoms with Gasteiger partial charge >= 0.3 is 5.97 Å². The zero-order valence-electron chi connectivity index (χ0n) is 13.0. The molecule has 2 fully saturated rings. The van der Waals surface area contributed by atoms with Crippen LogP contribution in [0, 0.1) is 11.8 Å². The summed E-state index contributed by atoms with van der Waals surface area (Å²) in [6.45, 7) is 4.61. The first kappa shape index (κ1) is 16.7. The average molecular weight is 318 g/mol. The molecule has 0 bridgehead atoms. The summed E-state index contributed by atoms with van der Waals surface area (Å²) in [5.41, 5.74) is 0. The van der Waals surface area contributed by atoms with E-state index in [1.807, 2.05) is 0 Å². The molecule has 7 heteroatoms. The lowest BCUT2D eigenvalue weighted by atomic mass is 9.87. The Labute approximate surface area is 127 Å². The Morgan fingerprint density at radius 2 is 1.76 bits per heavy atom. The number of carbonyl (C=O) groups excluding carboxylic acids is 1. The fourth-order valence-corrected chi connectivity index (χ4v) is 4.71. The highest BCUT2D eigenvalue weighted by molar-refractivity contribution is 7.91. The van der Waals surface area contributed by atoms with Crippen LogP contribution >= 0.6 is 0 Å². The standard InChI is InChI=1S/C14H26N2O4S/c1-15-5-7-16(8-6-15)11-13(14(17)20-2)12-3-9-21(18,19)10-4-12/h12-13H,3-11H2,1-2H3. The van der Waals surface area contributed by atoms with Crippen molar-refractivity contribution in [2.45, 2.75) is 12.8 Å². The summed E-state index contributed by atoms with van der Waals surface area (Å²) in [4.78, 5) is 16.7. The van der Waals surface area contributed by atoms with Gasteiger partial charge in [-0.3, -0.25) is 9.69 Å². The number of piperazine rings is 1. The molecule has 0 aromatic rings. The van der Waals surface area contributed by atoms with E-state index in [1.54, 1.807) is 0 Å². The van der Waals surface area contributed by atoms with Crippen molar-refractivity contribution < 1.29 is 17.9 Å². The number of methoxy groups -OCH3 is 1. The van der Waals surface area contributed by atoms with Crippen molar-refractivity contribution in [2.24, 2.45) is 11.8 Å². The van der Waals surface area contributed by atoms with Gasteiger partial charge in [-0.05, 0) is 25.8 Å². The largest absolute Gasteiger partial charge is 0.469 e. The average Bonchev–Trinajstić information content (AvgIpc) is 2.46. The van der Waals surface area contributed by atoms with Crippen molar-refractivity contribution in [2.75, 3.05) is 58.4 Å². The molecule has 6 nitrogen and oxygen atoms in total. The molecule has 1 atom stereocenters. The monoisotopic (exact) mass is 318 g/mol. The van der Waals surface area contributed by atoms with E-state index >= 15 is 0 Å². The van der Waals surface area contributed by atoms with Crippen LogP contribution in [-0.4, -0.2) is 82.6 Å². The van der Waals surface area contributed by atoms with E-state index in [4.69, 9.17) is 4.74 Å². The molecule has 2 heterocycles. The summed E-state index contributed by atoms with van der Waals surface area (Å²) < 4.78 is 28.1. The molecular formula is C14H26N2O4S. The highest BCUT2D eigenvalue weighted by atomic mass is 32.2. The molecule has 0 aromatic heterocycles. The Kier molecular flexibility index (Phi) is 5.62. The molecule has 2 saturated heterocycles. The molecule has 0 N–H and O–H groups in total. The molecule has 2 rings (SSSR count). The second-order valence-corrected chi connectivity index (χ2v) is 8.53. The number of rotatable bonds is 4. The van der Waals surface area contributed by atoms with Gasteiger partial charge in [-0.15, -0.1) is 0 Å². The van der Waals surface area contributed by atoms with Crippen LogP contribution < -0.4 is 0 Å². The highest BCUT2D eigenvalue weighted by Gasteiger charge is 2.35. The summed E-state index contributed by atoms with van der Waals surface area (Å²) in [6, 6.07) is 0. The van der Waals surface area contributed by atoms with Gasteiger partial charge in [0.2, 0.25) is 0 Å². The topological polar surface area (TPSA) is 66.9 Å². The maximum Gasteiger partial charge on any atom is 0.310 e. The van der Waals surface area contributed by atoms with Crippen LogP contribution in [0.4, 0.5) is 0 Å². The minimum atomic E-state index is -2.89. The van der Waals surface area contributed by atoms with E-state index in [0.29, 0.717) is 19.4 Å². The van der Waals surface area contributed by atoms with Crippen LogP contribution in [0.25, 0.3) is 0 Å². The Balaban J connectivity index is 1.96. The molecule has 0 amide bonds. The number of likely N-dealkylation sites (N-methyl/N-ethyl adjacent to an activating group) is 1. The van der Waals surface area contributed by atoms with Crippen molar-refractivity contribution in [3.05, 3.63) is 0 Å². The Hall–Kier alpha value is -0.660. The molecule has 0 spiro atoms. The first-order valence-electron chi connectivity index (χ1n) is 7.60. The van der Waals surface area contributed by atoms with Gasteiger partial charge in [0, 0.05) is 32.7 Å². The molecular weight excluding hydrogens is 292 g/mol. The van der Waals surface area contributed by atoms with Gasteiger partial charge in [0.25, 0.3) is 0 Å². The molecule has 2 aliphatic rings. The SMILES string of the molecule is COC(=O)C(CN1CCN(C)CC1)C1CCS(=O)(=O)CC1. The number of hydrogen-bond acceptors (Lipinski definition) is 6. The van der Waals surface area contributed by atoms with Gasteiger partial charge in [0.1, 0.15) is 9.84 Å². The highest BCUT2D eigenvalue weighted by Crippen LogP contribution is 2.28. The van der Waals surface area contributed by atoms with Crippen molar-refractivity contribution in [1.82, 2.24) is 9.80 Å². The number of ether oxygens (including phenoxy) is 1. The normalized spacial score (nSPS) is 26.4. The molecule has 0 saturated carbocycles. The Bertz CT molecular complexity index is 444. The molecule has 1 unspecified atom stereocenters. The second kappa shape index (κ2) is 7.07. The van der Waals surface area contributed by atoms with Crippen LogP contribution in [0.5, 0.6) is 0 Å². The number of sulfone groups is 1. The number of hydrogen-bond donors (Lipinski definition) is 0. The molecule has 122 valence electrons. The summed E-state index contributed by atoms with van der Waals surface area (Å²) in [5.74, 6) is 0.134. The van der Waals surface area contributed by atoms with Crippen molar-refractivity contribution >= 4 is 15.8 Å². The molecule has 0 aromatic carbocycles. The fraction of sp³-hybridized carbons (Fsp3) is 0.929. The van der Waals surface area contributed by atoms with Gasteiger partial charge in [-0.1, -0.05) is 0 Å². The molecule has 0 radical (unpaired) electrons. The van der Waals surface area contributed by atoms with Gasteiger partial charge in [-0.25, -0.2) is 8.42 Å². The van der Waals surface area contributed by atoms with Crippen molar-refractivity contribution in [3.63, 3.8) is 0 Å².